The number of benzene rings is 1. The van der Waals surface area contributed by atoms with Gasteiger partial charge in [0.2, 0.25) is 0 Å². The van der Waals surface area contributed by atoms with Crippen LogP contribution in [0.5, 0.6) is 5.75 Å². The molecule has 0 bridgehead atoms. The van der Waals surface area contributed by atoms with Crippen LogP contribution in [0.2, 0.25) is 0 Å². The first-order valence-corrected chi connectivity index (χ1v) is 9.90. The molecule has 1 saturated heterocycles. The average Bonchev–Trinajstić information content (AvgIpc) is 2.75. The van der Waals surface area contributed by atoms with Crippen molar-refractivity contribution in [3.05, 3.63) is 60.4 Å². The van der Waals surface area contributed by atoms with Crippen molar-refractivity contribution in [2.24, 2.45) is 0 Å². The van der Waals surface area contributed by atoms with E-state index < -0.39 is 0 Å². The molecule has 7 nitrogen and oxygen atoms in total. The van der Waals surface area contributed by atoms with E-state index in [2.05, 4.69) is 15.2 Å². The van der Waals surface area contributed by atoms with Gasteiger partial charge in [-0.3, -0.25) is 9.78 Å². The fourth-order valence-corrected chi connectivity index (χ4v) is 3.49. The van der Waals surface area contributed by atoms with Crippen LogP contribution in [0.1, 0.15) is 29.6 Å². The van der Waals surface area contributed by atoms with Gasteiger partial charge in [0.1, 0.15) is 5.75 Å². The Bertz CT molecular complexity index is 715. The molecule has 1 aliphatic heterocycles. The van der Waals surface area contributed by atoms with Crippen molar-refractivity contribution in [2.45, 2.75) is 31.4 Å². The maximum atomic E-state index is 12.4. The second kappa shape index (κ2) is 12.2. The molecule has 158 valence electrons. The monoisotopic (exact) mass is 401 g/mol. The van der Waals surface area contributed by atoms with E-state index in [-0.39, 0.29) is 23.5 Å². The van der Waals surface area contributed by atoms with E-state index >= 15 is 0 Å². The Hall–Kier alpha value is -2.48. The second-order valence-corrected chi connectivity index (χ2v) is 7.05. The molecular formula is C22H31N3O4. The molecule has 1 aromatic carbocycles. The lowest BCUT2D eigenvalue weighted by atomic mass is 10.0. The van der Waals surface area contributed by atoms with Crippen molar-refractivity contribution in [3.63, 3.8) is 0 Å². The number of amides is 1. The molecule has 2 atom stereocenters. The van der Waals surface area contributed by atoms with Gasteiger partial charge in [0.05, 0.1) is 24.9 Å². The maximum Gasteiger partial charge on any atom is 0.251 e. The number of ether oxygens (including phenoxy) is 2. The van der Waals surface area contributed by atoms with Crippen LogP contribution in [-0.4, -0.2) is 66.8 Å². The summed E-state index contributed by atoms with van der Waals surface area (Å²) in [6.07, 6.45) is 6.44. The summed E-state index contributed by atoms with van der Waals surface area (Å²) < 4.78 is 11.4. The molecule has 2 unspecified atom stereocenters. The first kappa shape index (κ1) is 22.8. The van der Waals surface area contributed by atoms with Gasteiger partial charge in [-0.1, -0.05) is 18.2 Å². The molecule has 3 N–H and O–H groups in total. The van der Waals surface area contributed by atoms with Crippen molar-refractivity contribution in [1.29, 1.82) is 0 Å². The number of nitrogens with zero attached hydrogens (tertiary/aromatic N) is 2. The molecule has 0 aliphatic carbocycles. The van der Waals surface area contributed by atoms with E-state index in [0.29, 0.717) is 12.2 Å². The van der Waals surface area contributed by atoms with Crippen molar-refractivity contribution in [3.8, 4) is 5.75 Å². The number of nitrogens with one attached hydrogen (secondary N) is 1. The number of pyridine rings is 1. The maximum absolute atomic E-state index is 12.4. The van der Waals surface area contributed by atoms with Crippen LogP contribution < -0.4 is 10.1 Å². The number of likely N-dealkylation sites (tertiary alicyclic amines) is 1. The van der Waals surface area contributed by atoms with Gasteiger partial charge in [0, 0.05) is 32.0 Å². The van der Waals surface area contributed by atoms with Gasteiger partial charge in [-0.15, -0.1) is 0 Å². The summed E-state index contributed by atoms with van der Waals surface area (Å²) in [4.78, 5) is 18.9. The summed E-state index contributed by atoms with van der Waals surface area (Å²) in [5, 5.41) is 3.13. The molecule has 3 rings (SSSR count). The number of aromatic nitrogens is 1. The number of carbonyl (C=O) groups is 1. The number of piperidine rings is 1. The Kier molecular flexibility index (Phi) is 9.56. The SMILES string of the molecule is COC1CN(CCCCOc2cccnc2)CCC1NC(=O)c1ccccc1.O. The molecule has 1 aliphatic rings. The van der Waals surface area contributed by atoms with Gasteiger partial charge in [-0.25, -0.2) is 0 Å². The van der Waals surface area contributed by atoms with Gasteiger partial charge < -0.3 is 25.2 Å². The average molecular weight is 402 g/mol. The quantitative estimate of drug-likeness (QED) is 0.648. The third-order valence-corrected chi connectivity index (χ3v) is 5.07. The Morgan fingerprint density at radius 2 is 2.03 bits per heavy atom. The van der Waals surface area contributed by atoms with Crippen molar-refractivity contribution in [1.82, 2.24) is 15.2 Å². The third-order valence-electron chi connectivity index (χ3n) is 5.07. The zero-order chi connectivity index (χ0) is 19.6. The highest BCUT2D eigenvalue weighted by Gasteiger charge is 2.30. The molecule has 29 heavy (non-hydrogen) atoms. The molecule has 1 amide bonds. The van der Waals surface area contributed by atoms with Crippen LogP contribution >= 0.6 is 0 Å². The lowest BCUT2D eigenvalue weighted by Gasteiger charge is -2.38. The summed E-state index contributed by atoms with van der Waals surface area (Å²) in [7, 11) is 1.72. The molecule has 2 aromatic rings. The van der Waals surface area contributed by atoms with E-state index in [1.54, 1.807) is 19.5 Å². The minimum absolute atomic E-state index is 0. The van der Waals surface area contributed by atoms with E-state index in [4.69, 9.17) is 9.47 Å². The lowest BCUT2D eigenvalue weighted by molar-refractivity contribution is 0.00581. The molecule has 0 radical (unpaired) electrons. The third kappa shape index (κ3) is 7.12. The van der Waals surface area contributed by atoms with Crippen molar-refractivity contribution in [2.75, 3.05) is 33.4 Å². The molecule has 1 fully saturated rings. The standard InChI is InChI=1S/C22H29N3O3.H2O/c1-27-21-17-25(13-5-6-15-28-19-10-7-12-23-16-19)14-11-20(21)24-22(26)18-8-3-2-4-9-18;/h2-4,7-10,12,16,20-21H,5-6,11,13-15,17H2,1H3,(H,24,26);1H2. The van der Waals surface area contributed by atoms with Gasteiger partial charge in [-0.05, 0) is 50.1 Å². The van der Waals surface area contributed by atoms with Crippen LogP contribution in [0.3, 0.4) is 0 Å². The summed E-state index contributed by atoms with van der Waals surface area (Å²) in [6, 6.07) is 13.2. The smallest absolute Gasteiger partial charge is 0.251 e. The fourth-order valence-electron chi connectivity index (χ4n) is 3.49. The highest BCUT2D eigenvalue weighted by atomic mass is 16.5. The largest absolute Gasteiger partial charge is 0.492 e. The summed E-state index contributed by atoms with van der Waals surface area (Å²) in [6.45, 7) is 3.50. The van der Waals surface area contributed by atoms with Gasteiger partial charge in [0.25, 0.3) is 5.91 Å². The van der Waals surface area contributed by atoms with E-state index in [1.807, 2.05) is 42.5 Å². The zero-order valence-electron chi connectivity index (χ0n) is 16.9. The Morgan fingerprint density at radius 3 is 2.76 bits per heavy atom. The van der Waals surface area contributed by atoms with Crippen LogP contribution in [0, 0.1) is 0 Å². The summed E-state index contributed by atoms with van der Waals surface area (Å²) in [5.74, 6) is 0.783. The first-order chi connectivity index (χ1) is 13.8. The van der Waals surface area contributed by atoms with Crippen LogP contribution in [0.25, 0.3) is 0 Å². The number of methoxy groups -OCH3 is 1. The molecular weight excluding hydrogens is 370 g/mol. The number of carbonyl (C=O) groups excluding carboxylic acids is 1. The molecule has 2 heterocycles. The summed E-state index contributed by atoms with van der Waals surface area (Å²) in [5.41, 5.74) is 0.688. The van der Waals surface area contributed by atoms with Crippen molar-refractivity contribution < 1.29 is 19.7 Å². The predicted molar refractivity (Wildman–Crippen MR) is 112 cm³/mol. The molecule has 0 spiro atoms. The molecule has 1 aromatic heterocycles. The number of hydrogen-bond acceptors (Lipinski definition) is 5. The minimum Gasteiger partial charge on any atom is -0.492 e. The predicted octanol–water partition coefficient (Wildman–Crippen LogP) is 1.94. The van der Waals surface area contributed by atoms with Gasteiger partial charge in [0.15, 0.2) is 0 Å². The highest BCUT2D eigenvalue weighted by molar-refractivity contribution is 5.94. The van der Waals surface area contributed by atoms with Crippen LogP contribution in [0.4, 0.5) is 0 Å². The van der Waals surface area contributed by atoms with E-state index in [1.165, 1.54) is 0 Å². The minimum atomic E-state index is -0.0337. The fraction of sp³-hybridized carbons (Fsp3) is 0.455. The second-order valence-electron chi connectivity index (χ2n) is 7.05. The van der Waals surface area contributed by atoms with Crippen LogP contribution in [0.15, 0.2) is 54.9 Å². The first-order valence-electron chi connectivity index (χ1n) is 9.90. The van der Waals surface area contributed by atoms with Crippen LogP contribution in [-0.2, 0) is 4.74 Å². The van der Waals surface area contributed by atoms with Gasteiger partial charge in [-0.2, -0.15) is 0 Å². The number of rotatable bonds is 9. The Balaban J connectivity index is 0.00000300. The molecule has 7 heteroatoms. The van der Waals surface area contributed by atoms with E-state index in [9.17, 15) is 4.79 Å². The van der Waals surface area contributed by atoms with E-state index in [0.717, 1.165) is 44.6 Å². The van der Waals surface area contributed by atoms with Gasteiger partial charge >= 0.3 is 0 Å². The zero-order valence-corrected chi connectivity index (χ0v) is 16.9. The lowest BCUT2D eigenvalue weighted by Crippen LogP contribution is -2.54. The topological polar surface area (TPSA) is 95.2 Å². The highest BCUT2D eigenvalue weighted by Crippen LogP contribution is 2.16. The summed E-state index contributed by atoms with van der Waals surface area (Å²) >= 11 is 0. The van der Waals surface area contributed by atoms with Crippen molar-refractivity contribution >= 4 is 5.91 Å². The normalized spacial score (nSPS) is 19.2. The molecule has 0 saturated carbocycles. The number of hydrogen-bond donors (Lipinski definition) is 1. The Labute approximate surface area is 172 Å². The number of unbranched alkanes of at least 4 members (excludes halogenated alkanes) is 1. The Morgan fingerprint density at radius 1 is 1.21 bits per heavy atom.